The van der Waals surface area contributed by atoms with Crippen molar-refractivity contribution in [2.75, 3.05) is 6.54 Å². The lowest BCUT2D eigenvalue weighted by molar-refractivity contribution is 0.472. The molecule has 0 aromatic carbocycles. The van der Waals surface area contributed by atoms with E-state index in [9.17, 15) is 0 Å². The van der Waals surface area contributed by atoms with Crippen LogP contribution >= 0.6 is 0 Å². The van der Waals surface area contributed by atoms with Crippen LogP contribution in [-0.2, 0) is 13.5 Å². The van der Waals surface area contributed by atoms with E-state index >= 15 is 0 Å². The number of nitrogens with zero attached hydrogens (tertiary/aromatic N) is 2. The Morgan fingerprint density at radius 1 is 1.50 bits per heavy atom. The summed E-state index contributed by atoms with van der Waals surface area (Å²) >= 11 is 0. The number of nitrogens with one attached hydrogen (secondary N) is 1. The van der Waals surface area contributed by atoms with Crippen LogP contribution in [-0.4, -0.2) is 22.1 Å². The fourth-order valence-electron chi connectivity index (χ4n) is 1.73. The van der Waals surface area contributed by atoms with Gasteiger partial charge in [0.25, 0.3) is 0 Å². The van der Waals surface area contributed by atoms with Crippen LogP contribution in [0.5, 0.6) is 0 Å². The molecule has 0 aliphatic heterocycles. The number of likely N-dealkylation sites (N-methyl/N-ethyl adjacent to an activating group) is 1. The average molecular weight is 195 g/mol. The molecular weight excluding hydrogens is 174 g/mol. The monoisotopic (exact) mass is 195 g/mol. The van der Waals surface area contributed by atoms with Crippen molar-refractivity contribution in [2.24, 2.45) is 7.05 Å². The van der Waals surface area contributed by atoms with E-state index in [4.69, 9.17) is 0 Å². The van der Waals surface area contributed by atoms with E-state index in [1.54, 1.807) is 0 Å². The molecule has 80 valence electrons. The second-order valence-corrected chi connectivity index (χ2v) is 3.70. The predicted octanol–water partition coefficient (Wildman–Crippen LogP) is 1.74. The highest BCUT2D eigenvalue weighted by Gasteiger charge is 2.09. The maximum absolute atomic E-state index is 4.34. The lowest BCUT2D eigenvalue weighted by atomic mass is 10.1. The first-order chi connectivity index (χ1) is 6.77. The lowest BCUT2D eigenvalue weighted by Gasteiger charge is -2.16. The van der Waals surface area contributed by atoms with E-state index in [0.29, 0.717) is 6.04 Å². The third-order valence-corrected chi connectivity index (χ3v) is 2.48. The van der Waals surface area contributed by atoms with Gasteiger partial charge in [0.2, 0.25) is 0 Å². The first-order valence-corrected chi connectivity index (χ1v) is 5.47. The van der Waals surface area contributed by atoms with Crippen LogP contribution < -0.4 is 5.32 Å². The van der Waals surface area contributed by atoms with Crippen molar-refractivity contribution in [2.45, 2.75) is 39.2 Å². The zero-order valence-corrected chi connectivity index (χ0v) is 9.45. The van der Waals surface area contributed by atoms with E-state index in [1.807, 2.05) is 12.4 Å². The molecule has 1 unspecified atom stereocenters. The Hall–Kier alpha value is -0.830. The Morgan fingerprint density at radius 3 is 2.79 bits per heavy atom. The minimum Gasteiger partial charge on any atom is -0.338 e. The summed E-state index contributed by atoms with van der Waals surface area (Å²) < 4.78 is 2.10. The zero-order valence-electron chi connectivity index (χ0n) is 9.45. The second-order valence-electron chi connectivity index (χ2n) is 3.70. The number of aryl methyl sites for hydroxylation is 1. The van der Waals surface area contributed by atoms with Gasteiger partial charge in [0, 0.05) is 31.9 Å². The van der Waals surface area contributed by atoms with Crippen molar-refractivity contribution < 1.29 is 0 Å². The normalized spacial score (nSPS) is 13.1. The molecule has 3 heteroatoms. The summed E-state index contributed by atoms with van der Waals surface area (Å²) in [5, 5.41) is 3.50. The fraction of sp³-hybridized carbons (Fsp3) is 0.727. The largest absolute Gasteiger partial charge is 0.338 e. The number of hydrogen-bond acceptors (Lipinski definition) is 2. The first kappa shape index (κ1) is 11.2. The quantitative estimate of drug-likeness (QED) is 0.749. The molecule has 0 radical (unpaired) electrons. The summed E-state index contributed by atoms with van der Waals surface area (Å²) in [6.45, 7) is 5.42. The summed E-state index contributed by atoms with van der Waals surface area (Å²) in [6, 6.07) is 0.575. The van der Waals surface area contributed by atoms with Gasteiger partial charge in [-0.3, -0.25) is 0 Å². The van der Waals surface area contributed by atoms with E-state index in [2.05, 4.69) is 35.8 Å². The Balaban J connectivity index is 2.50. The topological polar surface area (TPSA) is 29.9 Å². The third kappa shape index (κ3) is 3.14. The van der Waals surface area contributed by atoms with E-state index in [-0.39, 0.29) is 0 Å². The zero-order chi connectivity index (χ0) is 10.4. The van der Waals surface area contributed by atoms with Crippen molar-refractivity contribution >= 4 is 0 Å². The lowest BCUT2D eigenvalue weighted by Crippen LogP contribution is -2.31. The van der Waals surface area contributed by atoms with E-state index in [1.165, 1.54) is 18.7 Å². The third-order valence-electron chi connectivity index (χ3n) is 2.48. The predicted molar refractivity (Wildman–Crippen MR) is 59.3 cm³/mol. The maximum Gasteiger partial charge on any atom is 0.109 e. The van der Waals surface area contributed by atoms with Gasteiger partial charge in [-0.1, -0.05) is 20.3 Å². The maximum atomic E-state index is 4.34. The molecular formula is C11H21N3. The summed E-state index contributed by atoms with van der Waals surface area (Å²) in [7, 11) is 2.05. The molecule has 0 aliphatic rings. The molecule has 0 amide bonds. The van der Waals surface area contributed by atoms with Gasteiger partial charge in [-0.2, -0.15) is 0 Å². The Kier molecular flexibility index (Phi) is 4.66. The Bertz CT molecular complexity index is 249. The summed E-state index contributed by atoms with van der Waals surface area (Å²) in [5.41, 5.74) is 0. The van der Waals surface area contributed by atoms with Gasteiger partial charge >= 0.3 is 0 Å². The fourth-order valence-corrected chi connectivity index (χ4v) is 1.73. The van der Waals surface area contributed by atoms with Gasteiger partial charge in [-0.25, -0.2) is 4.98 Å². The molecule has 14 heavy (non-hydrogen) atoms. The van der Waals surface area contributed by atoms with E-state index < -0.39 is 0 Å². The van der Waals surface area contributed by atoms with Gasteiger partial charge in [-0.05, 0) is 13.0 Å². The molecule has 0 fully saturated rings. The second kappa shape index (κ2) is 5.81. The molecule has 0 saturated heterocycles. The molecule has 1 aromatic heterocycles. The van der Waals surface area contributed by atoms with Crippen LogP contribution in [0.3, 0.4) is 0 Å². The molecule has 0 spiro atoms. The van der Waals surface area contributed by atoms with Gasteiger partial charge in [-0.15, -0.1) is 0 Å². The summed E-state index contributed by atoms with van der Waals surface area (Å²) in [5.74, 6) is 1.17. The Morgan fingerprint density at radius 2 is 2.29 bits per heavy atom. The van der Waals surface area contributed by atoms with Gasteiger partial charge in [0.1, 0.15) is 5.82 Å². The number of aromatic nitrogens is 2. The highest BCUT2D eigenvalue weighted by Crippen LogP contribution is 2.05. The average Bonchev–Trinajstić information content (AvgIpc) is 2.53. The van der Waals surface area contributed by atoms with Gasteiger partial charge in [0.15, 0.2) is 0 Å². The van der Waals surface area contributed by atoms with Crippen molar-refractivity contribution in [3.8, 4) is 0 Å². The molecule has 0 aliphatic carbocycles. The number of hydrogen-bond donors (Lipinski definition) is 1. The van der Waals surface area contributed by atoms with E-state index in [0.717, 1.165) is 13.0 Å². The molecule has 1 rings (SSSR count). The van der Waals surface area contributed by atoms with Crippen LogP contribution in [0.1, 0.15) is 32.5 Å². The first-order valence-electron chi connectivity index (χ1n) is 5.47. The molecule has 3 nitrogen and oxygen atoms in total. The summed E-state index contributed by atoms with van der Waals surface area (Å²) in [6.07, 6.45) is 7.35. The van der Waals surface area contributed by atoms with Crippen LogP contribution in [0.25, 0.3) is 0 Å². The number of rotatable bonds is 6. The highest BCUT2D eigenvalue weighted by molar-refractivity contribution is 4.94. The minimum absolute atomic E-state index is 0.575. The highest BCUT2D eigenvalue weighted by atomic mass is 15.0. The molecule has 1 aromatic rings. The molecule has 1 heterocycles. The van der Waals surface area contributed by atoms with Gasteiger partial charge in [0.05, 0.1) is 0 Å². The smallest absolute Gasteiger partial charge is 0.109 e. The van der Waals surface area contributed by atoms with Crippen molar-refractivity contribution in [1.29, 1.82) is 0 Å². The van der Waals surface area contributed by atoms with Crippen LogP contribution in [0.2, 0.25) is 0 Å². The van der Waals surface area contributed by atoms with Crippen molar-refractivity contribution in [1.82, 2.24) is 14.9 Å². The summed E-state index contributed by atoms with van der Waals surface area (Å²) in [4.78, 5) is 4.34. The molecule has 0 bridgehead atoms. The molecule has 1 atom stereocenters. The standard InChI is InChI=1S/C11H21N3/c1-4-6-10(12-5-2)9-11-13-7-8-14(11)3/h7-8,10,12H,4-6,9H2,1-3H3. The van der Waals surface area contributed by atoms with Gasteiger partial charge < -0.3 is 9.88 Å². The SMILES string of the molecule is CCCC(Cc1nccn1C)NCC. The van der Waals surface area contributed by atoms with Crippen molar-refractivity contribution in [3.63, 3.8) is 0 Å². The molecule has 0 saturated carbocycles. The minimum atomic E-state index is 0.575. The molecule has 1 N–H and O–H groups in total. The van der Waals surface area contributed by atoms with Crippen LogP contribution in [0, 0.1) is 0 Å². The Labute approximate surface area is 86.5 Å². The van der Waals surface area contributed by atoms with Crippen molar-refractivity contribution in [3.05, 3.63) is 18.2 Å². The number of imidazole rings is 1. The van der Waals surface area contributed by atoms with Crippen LogP contribution in [0.15, 0.2) is 12.4 Å². The van der Waals surface area contributed by atoms with Crippen LogP contribution in [0.4, 0.5) is 0 Å².